The summed E-state index contributed by atoms with van der Waals surface area (Å²) in [6.45, 7) is 17.3. The lowest BCUT2D eigenvalue weighted by Crippen LogP contribution is -2.58. The van der Waals surface area contributed by atoms with Crippen LogP contribution in [0.1, 0.15) is 64.2 Å². The van der Waals surface area contributed by atoms with Crippen LogP contribution in [0.15, 0.2) is 78.3 Å². The van der Waals surface area contributed by atoms with Crippen molar-refractivity contribution in [3.63, 3.8) is 0 Å². The zero-order valence-corrected chi connectivity index (χ0v) is 31.8. The Labute approximate surface area is 305 Å². The summed E-state index contributed by atoms with van der Waals surface area (Å²) in [6, 6.07) is 13.4. The van der Waals surface area contributed by atoms with Gasteiger partial charge in [-0.3, -0.25) is 19.8 Å². The number of aliphatic hydroxyl groups is 1. The van der Waals surface area contributed by atoms with Gasteiger partial charge in [-0.15, -0.1) is 13.2 Å². The van der Waals surface area contributed by atoms with E-state index < -0.39 is 41.0 Å². The molecule has 0 unspecified atom stereocenters. The second kappa shape index (κ2) is 20.0. The molecule has 274 valence electrons. The van der Waals surface area contributed by atoms with Crippen molar-refractivity contribution in [2.75, 3.05) is 20.2 Å². The second-order valence-corrected chi connectivity index (χ2v) is 14.7. The van der Waals surface area contributed by atoms with Gasteiger partial charge in [-0.05, 0) is 59.4 Å². The molecule has 0 heterocycles. The molecule has 3 atom stereocenters. The number of hydrogen-bond donors (Lipinski definition) is 5. The van der Waals surface area contributed by atoms with E-state index in [1.165, 1.54) is 7.11 Å². The third kappa shape index (κ3) is 13.7. The maximum absolute atomic E-state index is 13.9. The average Bonchev–Trinajstić information content (AvgIpc) is 3.05. The maximum atomic E-state index is 13.9. The molecule has 0 aliphatic heterocycles. The van der Waals surface area contributed by atoms with Crippen LogP contribution in [0.25, 0.3) is 0 Å². The number of methoxy groups -OCH3 is 1. The van der Waals surface area contributed by atoms with Crippen LogP contribution < -0.4 is 21.4 Å². The normalized spacial score (nSPS) is 13.8. The SMILES string of the molecule is C=CCNC(=O)[C@@H](NC(=O)[C@@](O)(CCCN(Cc1ccc(Br)cc1)NC(=O)[C@@H](NC(=O)OC)C(C)(C)C)Cc1ccc(CC=C)cc1)C(C)C. The van der Waals surface area contributed by atoms with Gasteiger partial charge in [-0.25, -0.2) is 9.80 Å². The highest BCUT2D eigenvalue weighted by Crippen LogP contribution is 2.24. The molecule has 0 radical (unpaired) electrons. The van der Waals surface area contributed by atoms with Gasteiger partial charge in [0.05, 0.1) is 7.11 Å². The first-order valence-corrected chi connectivity index (χ1v) is 17.6. The van der Waals surface area contributed by atoms with Crippen molar-refractivity contribution in [3.8, 4) is 0 Å². The fraction of sp³-hybridized carbons (Fsp3) is 0.474. The van der Waals surface area contributed by atoms with Gasteiger partial charge in [-0.1, -0.05) is 99.1 Å². The standard InChI is InChI=1S/C38H54BrN5O6/c1-9-12-27-13-15-28(16-14-27)24-38(49,35(47)41-31(26(3)4)33(45)40-22-10-2)21-11-23-44(25-29-17-19-30(39)20-18-29)43-34(46)32(37(5,6)7)42-36(48)50-8/h9-10,13-20,26,31-32,49H,1-2,11-12,21-25H2,3-8H3,(H,40,45)(H,41,47)(H,42,48)(H,43,46)/t31-,32+,38+/m0/s1. The highest BCUT2D eigenvalue weighted by atomic mass is 79.9. The third-order valence-corrected chi connectivity index (χ3v) is 8.66. The smallest absolute Gasteiger partial charge is 0.407 e. The molecule has 5 N–H and O–H groups in total. The number of hydrogen-bond acceptors (Lipinski definition) is 7. The number of benzene rings is 2. The van der Waals surface area contributed by atoms with Crippen LogP contribution in [0.3, 0.4) is 0 Å². The van der Waals surface area contributed by atoms with Crippen LogP contribution in [0.4, 0.5) is 4.79 Å². The predicted molar refractivity (Wildman–Crippen MR) is 200 cm³/mol. The first-order chi connectivity index (χ1) is 23.5. The average molecular weight is 757 g/mol. The van der Waals surface area contributed by atoms with E-state index in [1.807, 2.05) is 83.1 Å². The van der Waals surface area contributed by atoms with Crippen molar-refractivity contribution in [2.24, 2.45) is 11.3 Å². The summed E-state index contributed by atoms with van der Waals surface area (Å²) in [7, 11) is 1.23. The van der Waals surface area contributed by atoms with Gasteiger partial charge in [-0.2, -0.15) is 0 Å². The van der Waals surface area contributed by atoms with Gasteiger partial charge >= 0.3 is 6.09 Å². The Hall–Kier alpha value is -4.00. The maximum Gasteiger partial charge on any atom is 0.407 e. The van der Waals surface area contributed by atoms with E-state index in [-0.39, 0.29) is 44.2 Å². The number of allylic oxidation sites excluding steroid dienone is 1. The fourth-order valence-electron chi connectivity index (χ4n) is 5.29. The Bertz CT molecular complexity index is 1440. The molecule has 0 bridgehead atoms. The topological polar surface area (TPSA) is 149 Å². The van der Waals surface area contributed by atoms with Gasteiger partial charge in [0, 0.05) is 30.5 Å². The van der Waals surface area contributed by atoms with Crippen molar-refractivity contribution < 1.29 is 29.0 Å². The Morgan fingerprint density at radius 3 is 2.06 bits per heavy atom. The summed E-state index contributed by atoms with van der Waals surface area (Å²) in [6.07, 6.45) is 3.61. The molecule has 0 aliphatic rings. The lowest BCUT2D eigenvalue weighted by Gasteiger charge is -2.34. The number of nitrogens with one attached hydrogen (secondary N) is 4. The van der Waals surface area contributed by atoms with E-state index in [9.17, 15) is 24.3 Å². The van der Waals surface area contributed by atoms with Crippen LogP contribution in [-0.2, 0) is 38.5 Å². The number of ether oxygens (including phenoxy) is 1. The van der Waals surface area contributed by atoms with Crippen molar-refractivity contribution in [3.05, 3.63) is 95.0 Å². The Morgan fingerprint density at radius 2 is 1.52 bits per heavy atom. The van der Waals surface area contributed by atoms with Gasteiger partial charge in [0.15, 0.2) is 0 Å². The summed E-state index contributed by atoms with van der Waals surface area (Å²) in [5.41, 5.74) is 3.10. The second-order valence-electron chi connectivity index (χ2n) is 13.8. The van der Waals surface area contributed by atoms with Crippen LogP contribution >= 0.6 is 15.9 Å². The molecular formula is C38H54BrN5O6. The van der Waals surface area contributed by atoms with E-state index >= 15 is 0 Å². The molecule has 50 heavy (non-hydrogen) atoms. The summed E-state index contributed by atoms with van der Waals surface area (Å²) in [5.74, 6) is -1.74. The van der Waals surface area contributed by atoms with E-state index in [1.54, 1.807) is 17.2 Å². The molecule has 0 saturated carbocycles. The van der Waals surface area contributed by atoms with Gasteiger partial charge in [0.2, 0.25) is 5.91 Å². The summed E-state index contributed by atoms with van der Waals surface area (Å²) in [5, 5.41) is 21.9. The lowest BCUT2D eigenvalue weighted by atomic mass is 9.86. The highest BCUT2D eigenvalue weighted by Gasteiger charge is 2.39. The predicted octanol–water partition coefficient (Wildman–Crippen LogP) is 4.98. The Kier molecular flexibility index (Phi) is 16.9. The number of rotatable bonds is 19. The largest absolute Gasteiger partial charge is 0.453 e. The zero-order valence-electron chi connectivity index (χ0n) is 30.2. The molecule has 2 aromatic rings. The first-order valence-electron chi connectivity index (χ1n) is 16.8. The number of nitrogens with zero attached hydrogens (tertiary/aromatic N) is 1. The van der Waals surface area contributed by atoms with Crippen LogP contribution in [0.5, 0.6) is 0 Å². The van der Waals surface area contributed by atoms with Crippen LogP contribution in [0, 0.1) is 11.3 Å². The minimum atomic E-state index is -1.89. The lowest BCUT2D eigenvalue weighted by molar-refractivity contribution is -0.144. The highest BCUT2D eigenvalue weighted by molar-refractivity contribution is 9.10. The fourth-order valence-corrected chi connectivity index (χ4v) is 5.56. The number of alkyl carbamates (subject to hydrolysis) is 1. The monoisotopic (exact) mass is 755 g/mol. The van der Waals surface area contributed by atoms with E-state index in [2.05, 4.69) is 50.5 Å². The van der Waals surface area contributed by atoms with Crippen molar-refractivity contribution in [1.82, 2.24) is 26.4 Å². The summed E-state index contributed by atoms with van der Waals surface area (Å²) < 4.78 is 5.66. The number of carbonyl (C=O) groups excluding carboxylic acids is 4. The number of hydrazine groups is 1. The third-order valence-electron chi connectivity index (χ3n) is 8.13. The molecule has 11 nitrogen and oxygen atoms in total. The van der Waals surface area contributed by atoms with E-state index in [0.717, 1.165) is 21.2 Å². The molecule has 2 aromatic carbocycles. The van der Waals surface area contributed by atoms with Crippen molar-refractivity contribution >= 4 is 39.7 Å². The molecule has 0 fully saturated rings. The molecule has 0 saturated heterocycles. The molecule has 4 amide bonds. The molecule has 0 spiro atoms. The van der Waals surface area contributed by atoms with Gasteiger partial charge < -0.3 is 25.8 Å². The minimum absolute atomic E-state index is 0.000509. The van der Waals surface area contributed by atoms with Gasteiger partial charge in [0.1, 0.15) is 17.7 Å². The molecule has 2 rings (SSSR count). The molecular weight excluding hydrogens is 702 g/mol. The Morgan fingerprint density at radius 1 is 0.920 bits per heavy atom. The number of halogens is 1. The minimum Gasteiger partial charge on any atom is -0.453 e. The van der Waals surface area contributed by atoms with E-state index in [4.69, 9.17) is 4.74 Å². The van der Waals surface area contributed by atoms with Crippen LogP contribution in [-0.4, -0.2) is 71.8 Å². The van der Waals surface area contributed by atoms with Crippen molar-refractivity contribution in [2.45, 2.75) is 84.5 Å². The van der Waals surface area contributed by atoms with Crippen molar-refractivity contribution in [1.29, 1.82) is 0 Å². The van der Waals surface area contributed by atoms with Crippen LogP contribution in [0.2, 0.25) is 0 Å². The number of amides is 4. The summed E-state index contributed by atoms with van der Waals surface area (Å²) in [4.78, 5) is 52.6. The zero-order chi connectivity index (χ0) is 37.5. The van der Waals surface area contributed by atoms with E-state index in [0.29, 0.717) is 13.0 Å². The molecule has 12 heteroatoms. The number of carbonyl (C=O) groups is 4. The first kappa shape index (κ1) is 42.2. The quantitative estimate of drug-likeness (QED) is 0.100. The van der Waals surface area contributed by atoms with Gasteiger partial charge in [0.25, 0.3) is 11.8 Å². The molecule has 0 aliphatic carbocycles. The Balaban J connectivity index is 2.38. The molecule has 0 aromatic heterocycles. The summed E-state index contributed by atoms with van der Waals surface area (Å²) >= 11 is 3.45.